The Morgan fingerprint density at radius 2 is 1.80 bits per heavy atom. The van der Waals surface area contributed by atoms with Crippen LogP contribution in [0.3, 0.4) is 0 Å². The van der Waals surface area contributed by atoms with Crippen LogP contribution in [-0.2, 0) is 0 Å². The van der Waals surface area contributed by atoms with Gasteiger partial charge in [0, 0.05) is 5.56 Å². The Hall–Kier alpha value is -3.06. The zero-order valence-electron chi connectivity index (χ0n) is 13.1. The van der Waals surface area contributed by atoms with Gasteiger partial charge in [0.25, 0.3) is 5.91 Å². The van der Waals surface area contributed by atoms with E-state index in [2.05, 4.69) is 10.3 Å². The van der Waals surface area contributed by atoms with Crippen LogP contribution < -0.4 is 5.32 Å². The van der Waals surface area contributed by atoms with Crippen molar-refractivity contribution in [3.8, 4) is 10.6 Å². The molecule has 25 heavy (non-hydrogen) atoms. The molecule has 0 spiro atoms. The average molecular weight is 356 g/mol. The molecule has 0 unspecified atom stereocenters. The van der Waals surface area contributed by atoms with E-state index in [0.29, 0.717) is 21.1 Å². The summed E-state index contributed by atoms with van der Waals surface area (Å²) in [5.74, 6) is -1.90. The lowest BCUT2D eigenvalue weighted by molar-refractivity contribution is 0.0698. The smallest absolute Gasteiger partial charge is 0.337 e. The van der Waals surface area contributed by atoms with Gasteiger partial charge in [0.15, 0.2) is 0 Å². The van der Waals surface area contributed by atoms with Crippen molar-refractivity contribution in [2.45, 2.75) is 6.92 Å². The molecule has 0 aliphatic rings. The van der Waals surface area contributed by atoms with Gasteiger partial charge < -0.3 is 10.4 Å². The van der Waals surface area contributed by atoms with Crippen LogP contribution >= 0.6 is 11.3 Å². The number of thiazole rings is 1. The number of anilines is 1. The molecular formula is C18H13FN2O3S. The summed E-state index contributed by atoms with van der Waals surface area (Å²) in [6.45, 7) is 1.70. The van der Waals surface area contributed by atoms with Crippen LogP contribution in [0.2, 0.25) is 0 Å². The predicted molar refractivity (Wildman–Crippen MR) is 93.6 cm³/mol. The molecule has 0 saturated heterocycles. The van der Waals surface area contributed by atoms with Crippen molar-refractivity contribution in [1.82, 2.24) is 4.98 Å². The number of nitrogens with one attached hydrogen (secondary N) is 1. The second-order valence-electron chi connectivity index (χ2n) is 5.25. The van der Waals surface area contributed by atoms with Crippen molar-refractivity contribution in [2.24, 2.45) is 0 Å². The molecule has 0 bridgehead atoms. The first-order valence-electron chi connectivity index (χ1n) is 7.33. The Morgan fingerprint density at radius 3 is 2.48 bits per heavy atom. The standard InChI is InChI=1S/C18H13FN2O3S/c1-10-15(25-17(20-10)11-6-8-12(19)9-7-11)16(22)21-14-5-3-2-4-13(14)18(23)24/h2-9H,1H3,(H,21,22)(H,23,24). The largest absolute Gasteiger partial charge is 0.478 e. The monoisotopic (exact) mass is 356 g/mol. The minimum absolute atomic E-state index is 0.0109. The van der Waals surface area contributed by atoms with Crippen molar-refractivity contribution < 1.29 is 19.1 Å². The number of rotatable bonds is 4. The number of nitrogens with zero attached hydrogens (tertiary/aromatic N) is 1. The molecule has 0 aliphatic carbocycles. The molecular weight excluding hydrogens is 343 g/mol. The summed E-state index contributed by atoms with van der Waals surface area (Å²) < 4.78 is 13.0. The second kappa shape index (κ2) is 6.82. The lowest BCUT2D eigenvalue weighted by Crippen LogP contribution is -2.14. The van der Waals surface area contributed by atoms with E-state index in [-0.39, 0.29) is 17.1 Å². The molecule has 0 fully saturated rings. The van der Waals surface area contributed by atoms with Gasteiger partial charge in [-0.15, -0.1) is 11.3 Å². The van der Waals surface area contributed by atoms with Gasteiger partial charge in [-0.1, -0.05) is 12.1 Å². The molecule has 3 aromatic rings. The number of para-hydroxylation sites is 1. The molecule has 1 heterocycles. The van der Waals surface area contributed by atoms with E-state index in [4.69, 9.17) is 0 Å². The van der Waals surface area contributed by atoms with Crippen LogP contribution in [0.5, 0.6) is 0 Å². The number of hydrogen-bond acceptors (Lipinski definition) is 4. The zero-order chi connectivity index (χ0) is 18.0. The molecule has 0 saturated carbocycles. The van der Waals surface area contributed by atoms with Crippen LogP contribution in [0.15, 0.2) is 48.5 Å². The molecule has 2 N–H and O–H groups in total. The molecule has 0 atom stereocenters. The molecule has 7 heteroatoms. The minimum atomic E-state index is -1.12. The van der Waals surface area contributed by atoms with Crippen LogP contribution in [0.4, 0.5) is 10.1 Å². The number of carbonyl (C=O) groups excluding carboxylic acids is 1. The van der Waals surface area contributed by atoms with Crippen LogP contribution in [0, 0.1) is 12.7 Å². The number of aryl methyl sites for hydroxylation is 1. The van der Waals surface area contributed by atoms with Gasteiger partial charge in [-0.05, 0) is 43.3 Å². The molecule has 5 nitrogen and oxygen atoms in total. The van der Waals surface area contributed by atoms with Gasteiger partial charge in [0.1, 0.15) is 15.7 Å². The Labute approximate surface area is 146 Å². The predicted octanol–water partition coefficient (Wildman–Crippen LogP) is 4.21. The van der Waals surface area contributed by atoms with Crippen LogP contribution in [0.25, 0.3) is 10.6 Å². The number of carboxylic acid groups (broad SMARTS) is 1. The number of carbonyl (C=O) groups is 2. The number of halogens is 1. The fourth-order valence-corrected chi connectivity index (χ4v) is 3.25. The lowest BCUT2D eigenvalue weighted by Gasteiger charge is -2.07. The lowest BCUT2D eigenvalue weighted by atomic mass is 10.2. The van der Waals surface area contributed by atoms with Gasteiger partial charge in [-0.3, -0.25) is 4.79 Å². The SMILES string of the molecule is Cc1nc(-c2ccc(F)cc2)sc1C(=O)Nc1ccccc1C(=O)O. The van der Waals surface area contributed by atoms with Crippen LogP contribution in [-0.4, -0.2) is 22.0 Å². The zero-order valence-corrected chi connectivity index (χ0v) is 13.9. The summed E-state index contributed by atoms with van der Waals surface area (Å²) in [6, 6.07) is 12.0. The van der Waals surface area contributed by atoms with E-state index in [1.807, 2.05) is 0 Å². The topological polar surface area (TPSA) is 79.3 Å². The molecule has 1 amide bonds. The summed E-state index contributed by atoms with van der Waals surface area (Å²) in [5.41, 5.74) is 1.46. The Kier molecular flexibility index (Phi) is 4.58. The first kappa shape index (κ1) is 16.8. The maximum absolute atomic E-state index is 13.0. The van der Waals surface area contributed by atoms with E-state index >= 15 is 0 Å². The third-order valence-electron chi connectivity index (χ3n) is 3.50. The van der Waals surface area contributed by atoms with E-state index in [1.54, 1.807) is 31.2 Å². The highest BCUT2D eigenvalue weighted by Crippen LogP contribution is 2.29. The summed E-state index contributed by atoms with van der Waals surface area (Å²) >= 11 is 1.17. The number of aromatic nitrogens is 1. The van der Waals surface area contributed by atoms with Crippen molar-refractivity contribution in [2.75, 3.05) is 5.32 Å². The number of amides is 1. The Bertz CT molecular complexity index is 951. The molecule has 1 aromatic heterocycles. The van der Waals surface area contributed by atoms with Gasteiger partial charge in [0.05, 0.1) is 16.9 Å². The van der Waals surface area contributed by atoms with E-state index in [9.17, 15) is 19.1 Å². The highest BCUT2D eigenvalue weighted by molar-refractivity contribution is 7.17. The molecule has 3 rings (SSSR count). The summed E-state index contributed by atoms with van der Waals surface area (Å²) in [7, 11) is 0. The molecule has 0 radical (unpaired) electrons. The van der Waals surface area contributed by atoms with Crippen molar-refractivity contribution in [3.63, 3.8) is 0 Å². The maximum Gasteiger partial charge on any atom is 0.337 e. The van der Waals surface area contributed by atoms with E-state index < -0.39 is 11.9 Å². The fraction of sp³-hybridized carbons (Fsp3) is 0.0556. The number of aromatic carboxylic acids is 1. The average Bonchev–Trinajstić information content (AvgIpc) is 2.97. The first-order chi connectivity index (χ1) is 12.0. The first-order valence-corrected chi connectivity index (χ1v) is 8.14. The molecule has 0 aliphatic heterocycles. The summed E-state index contributed by atoms with van der Waals surface area (Å²) in [4.78, 5) is 28.5. The third-order valence-corrected chi connectivity index (χ3v) is 4.70. The van der Waals surface area contributed by atoms with Gasteiger partial charge in [-0.2, -0.15) is 0 Å². The molecule has 126 valence electrons. The van der Waals surface area contributed by atoms with Gasteiger partial charge in [0.2, 0.25) is 0 Å². The van der Waals surface area contributed by atoms with Crippen LogP contribution in [0.1, 0.15) is 25.7 Å². The normalized spacial score (nSPS) is 10.5. The Morgan fingerprint density at radius 1 is 1.12 bits per heavy atom. The fourth-order valence-electron chi connectivity index (χ4n) is 2.28. The molecule has 2 aromatic carbocycles. The van der Waals surface area contributed by atoms with E-state index in [0.717, 1.165) is 0 Å². The highest BCUT2D eigenvalue weighted by Gasteiger charge is 2.18. The highest BCUT2D eigenvalue weighted by atomic mass is 32.1. The van der Waals surface area contributed by atoms with Crippen molar-refractivity contribution in [1.29, 1.82) is 0 Å². The number of hydrogen-bond donors (Lipinski definition) is 2. The number of benzene rings is 2. The van der Waals surface area contributed by atoms with Gasteiger partial charge >= 0.3 is 5.97 Å². The number of carboxylic acids is 1. The summed E-state index contributed by atoms with van der Waals surface area (Å²) in [5, 5.41) is 12.4. The Balaban J connectivity index is 1.89. The maximum atomic E-state index is 13.0. The van der Waals surface area contributed by atoms with Gasteiger partial charge in [-0.25, -0.2) is 14.2 Å². The summed E-state index contributed by atoms with van der Waals surface area (Å²) in [6.07, 6.45) is 0. The van der Waals surface area contributed by atoms with Crippen molar-refractivity contribution in [3.05, 3.63) is 70.5 Å². The quantitative estimate of drug-likeness (QED) is 0.734. The third kappa shape index (κ3) is 3.56. The second-order valence-corrected chi connectivity index (χ2v) is 6.24. The van der Waals surface area contributed by atoms with E-state index in [1.165, 1.54) is 35.6 Å². The minimum Gasteiger partial charge on any atom is -0.478 e. The van der Waals surface area contributed by atoms with Crippen molar-refractivity contribution >= 4 is 28.9 Å².